The molecule has 4 aliphatic heterocycles. The second kappa shape index (κ2) is 30.0. The van der Waals surface area contributed by atoms with Crippen molar-refractivity contribution in [2.45, 2.75) is 110 Å². The molecule has 0 radical (unpaired) electrons. The third kappa shape index (κ3) is 16.4. The number of nitrogens with two attached hydrogens (primary N) is 1. The second-order valence-electron chi connectivity index (χ2n) is 19.9. The average molecular weight is 1210 g/mol. The fourth-order valence-corrected chi connectivity index (χ4v) is 12.7. The molecule has 5 heterocycles. The summed E-state index contributed by atoms with van der Waals surface area (Å²) in [6.45, 7) is 28.8. The van der Waals surface area contributed by atoms with Crippen molar-refractivity contribution in [3.63, 3.8) is 0 Å². The summed E-state index contributed by atoms with van der Waals surface area (Å²) in [5, 5.41) is 0.902. The number of hydrogen-bond acceptors (Lipinski definition) is 10. The molecule has 4 fully saturated rings. The minimum Gasteiger partial charge on any atom is -0.368 e. The van der Waals surface area contributed by atoms with Crippen LogP contribution in [0.3, 0.4) is 0 Å². The number of piperidine rings is 2. The van der Waals surface area contributed by atoms with Crippen LogP contribution in [0.15, 0.2) is 94.1 Å². The van der Waals surface area contributed by atoms with Crippen LogP contribution < -0.4 is 15.5 Å². The van der Waals surface area contributed by atoms with Gasteiger partial charge in [-0.25, -0.2) is 18.6 Å². The van der Waals surface area contributed by atoms with E-state index in [0.717, 1.165) is 135 Å². The molecule has 0 bridgehead atoms. The Morgan fingerprint density at radius 3 is 1.57 bits per heavy atom. The smallest absolute Gasteiger partial charge is 0.188 e. The third-order valence-corrected chi connectivity index (χ3v) is 17.0. The van der Waals surface area contributed by atoms with Crippen LogP contribution in [-0.2, 0) is 22.6 Å². The van der Waals surface area contributed by atoms with Gasteiger partial charge in [0.1, 0.15) is 17.5 Å². The Morgan fingerprint density at radius 1 is 0.684 bits per heavy atom. The van der Waals surface area contributed by atoms with Gasteiger partial charge in [0.15, 0.2) is 12.0 Å². The normalized spacial score (nSPS) is 19.5. The van der Waals surface area contributed by atoms with E-state index >= 15 is 0 Å². The first-order chi connectivity index (χ1) is 36.8. The van der Waals surface area contributed by atoms with Crippen molar-refractivity contribution in [3.8, 4) is 11.4 Å². The summed E-state index contributed by atoms with van der Waals surface area (Å²) < 4.78 is 40.7. The van der Waals surface area contributed by atoms with Crippen LogP contribution in [0, 0.1) is 18.2 Å². The lowest BCUT2D eigenvalue weighted by Crippen LogP contribution is -2.58. The molecule has 0 amide bonds. The topological polar surface area (TPSA) is 97.0 Å². The number of benzene rings is 4. The summed E-state index contributed by atoms with van der Waals surface area (Å²) >= 11 is 19.3. The van der Waals surface area contributed by atoms with Gasteiger partial charge in [0, 0.05) is 150 Å². The highest BCUT2D eigenvalue weighted by atomic mass is 79.9. The third-order valence-electron chi connectivity index (χ3n) is 15.2. The van der Waals surface area contributed by atoms with Crippen molar-refractivity contribution in [1.29, 1.82) is 0 Å². The molecular weight excluding hydrogens is 1140 g/mol. The van der Waals surface area contributed by atoms with Gasteiger partial charge in [0.25, 0.3) is 0 Å². The Morgan fingerprint density at radius 2 is 1.17 bits per heavy atom. The Bertz CT molecular complexity index is 2610. The molecular formula is C58H76Br2Cl2F2N10O2. The Kier molecular flexibility index (Phi) is 23.7. The van der Waals surface area contributed by atoms with E-state index < -0.39 is 0 Å². The predicted molar refractivity (Wildman–Crippen MR) is 314 cm³/mol. The molecule has 12 nitrogen and oxygen atoms in total. The maximum atomic E-state index is 14.2. The van der Waals surface area contributed by atoms with Gasteiger partial charge in [-0.1, -0.05) is 55.2 Å². The van der Waals surface area contributed by atoms with Gasteiger partial charge in [0.05, 0.1) is 12.3 Å². The molecule has 2 atom stereocenters. The highest BCUT2D eigenvalue weighted by Gasteiger charge is 2.35. The molecule has 76 heavy (non-hydrogen) atoms. The minimum absolute atomic E-state index is 0.204. The number of piperazine rings is 2. The number of aromatic amines is 1. The molecule has 0 aliphatic carbocycles. The fraction of sp³-hybridized carbons (Fsp3) is 0.517. The number of imidazole rings is 1. The zero-order valence-electron chi connectivity index (χ0n) is 44.6. The Labute approximate surface area is 477 Å². The standard InChI is InChI=1S/C27H32BrClFN5.C25H29BrClFN4.C6H15NO2/c1-2-22-18-34(26-6-4-19(15-24(26)28)27-31-9-10-32-27)13-14-35(22)23-7-11-33(12-8-23)17-20-3-5-21(29)16-25(20)30;1-3-21-17-31(25-7-6-20(29-2)15-23(25)26)12-13-32(21)22-8-10-30(11-9-22)16-18-4-5-19(27)14-24(18)28;1-3-8-6(5-7)9-4-2/h3-6,9-10,15-16,22-23H,2,7-8,11-14,17-18H2,1H3,(H,31,32);4-7,14-15,21-22H,3,8-13,16-17H2,1H3;6H,3-5,7H2,1-2H3/t22-;21-;/m00./s1. The van der Waals surface area contributed by atoms with E-state index in [0.29, 0.717) is 72.7 Å². The Hall–Kier alpha value is -3.70. The summed E-state index contributed by atoms with van der Waals surface area (Å²) in [4.78, 5) is 26.2. The lowest BCUT2D eigenvalue weighted by atomic mass is 9.97. The molecule has 18 heteroatoms. The molecule has 1 aromatic heterocycles. The zero-order valence-corrected chi connectivity index (χ0v) is 49.2. The summed E-state index contributed by atoms with van der Waals surface area (Å²) in [7, 11) is 0. The molecule has 9 rings (SSSR count). The van der Waals surface area contributed by atoms with Crippen molar-refractivity contribution in [2.24, 2.45) is 5.73 Å². The average Bonchev–Trinajstić information content (AvgIpc) is 3.99. The summed E-state index contributed by atoms with van der Waals surface area (Å²) in [6.07, 6.45) is 10.2. The fourth-order valence-electron chi connectivity index (χ4n) is 11.2. The number of ether oxygens (including phenoxy) is 2. The number of hydrogen-bond donors (Lipinski definition) is 2. The molecule has 4 saturated heterocycles. The van der Waals surface area contributed by atoms with Gasteiger partial charge in [-0.15, -0.1) is 0 Å². The first-order valence-corrected chi connectivity index (χ1v) is 29.4. The van der Waals surface area contributed by atoms with E-state index in [-0.39, 0.29) is 17.9 Å². The lowest BCUT2D eigenvalue weighted by molar-refractivity contribution is -0.128. The molecule has 5 aromatic rings. The van der Waals surface area contributed by atoms with Gasteiger partial charge in [-0.2, -0.15) is 0 Å². The molecule has 412 valence electrons. The number of likely N-dealkylation sites (tertiary alicyclic amines) is 2. The molecule has 0 spiro atoms. The van der Waals surface area contributed by atoms with Crippen LogP contribution in [0.25, 0.3) is 16.2 Å². The summed E-state index contributed by atoms with van der Waals surface area (Å²) in [5.41, 5.74) is 10.9. The maximum Gasteiger partial charge on any atom is 0.188 e. The van der Waals surface area contributed by atoms with Gasteiger partial charge in [-0.3, -0.25) is 19.6 Å². The number of halogens is 6. The molecule has 4 aromatic carbocycles. The van der Waals surface area contributed by atoms with Crippen molar-refractivity contribution in [3.05, 3.63) is 138 Å². The van der Waals surface area contributed by atoms with Crippen molar-refractivity contribution < 1.29 is 18.3 Å². The predicted octanol–water partition coefficient (Wildman–Crippen LogP) is 12.9. The zero-order chi connectivity index (χ0) is 54.1. The first-order valence-electron chi connectivity index (χ1n) is 27.1. The van der Waals surface area contributed by atoms with Crippen LogP contribution in [0.4, 0.5) is 25.8 Å². The van der Waals surface area contributed by atoms with Gasteiger partial charge < -0.3 is 30.0 Å². The van der Waals surface area contributed by atoms with Gasteiger partial charge in [-0.05, 0) is 165 Å². The molecule has 0 unspecified atom stereocenters. The van der Waals surface area contributed by atoms with Crippen LogP contribution >= 0.6 is 55.1 Å². The quantitative estimate of drug-likeness (QED) is 0.0734. The van der Waals surface area contributed by atoms with Crippen molar-refractivity contribution >= 4 is 72.1 Å². The number of aromatic nitrogens is 2. The van der Waals surface area contributed by atoms with E-state index in [4.69, 9.17) is 45.0 Å². The van der Waals surface area contributed by atoms with E-state index in [9.17, 15) is 8.78 Å². The highest BCUT2D eigenvalue weighted by Crippen LogP contribution is 2.36. The van der Waals surface area contributed by atoms with E-state index in [1.807, 2.05) is 38.2 Å². The number of nitrogens with one attached hydrogen (secondary N) is 1. The van der Waals surface area contributed by atoms with Gasteiger partial charge >= 0.3 is 0 Å². The first kappa shape index (κ1) is 60.0. The number of H-pyrrole nitrogens is 1. The number of rotatable bonds is 16. The Balaban J connectivity index is 0.000000191. The SMILES string of the molecule is CCOC(CN)OCC.CC[C@H]1CN(c2ccc(-c3ncc[nH]3)cc2Br)CCN1C1CCN(Cc2ccc(Cl)cc2F)CC1.[C-]#[N+]c1ccc(N2CCN(C3CCN(Cc4ccc(Cl)cc4F)CC3)[C@@H](CC)C2)c(Br)c1. The van der Waals surface area contributed by atoms with E-state index in [1.54, 1.807) is 24.4 Å². The summed E-state index contributed by atoms with van der Waals surface area (Å²) in [5.74, 6) is 0.473. The second-order valence-corrected chi connectivity index (χ2v) is 22.5. The highest BCUT2D eigenvalue weighted by molar-refractivity contribution is 9.11. The van der Waals surface area contributed by atoms with Crippen molar-refractivity contribution in [2.75, 3.05) is 95.0 Å². The molecule has 3 N–H and O–H groups in total. The van der Waals surface area contributed by atoms with Crippen LogP contribution in [0.1, 0.15) is 77.3 Å². The van der Waals surface area contributed by atoms with Crippen LogP contribution in [0.5, 0.6) is 0 Å². The molecule has 4 aliphatic rings. The number of nitrogens with zero attached hydrogens (tertiary/aromatic N) is 8. The minimum atomic E-state index is -0.211. The van der Waals surface area contributed by atoms with E-state index in [1.165, 1.54) is 23.5 Å². The van der Waals surface area contributed by atoms with Crippen LogP contribution in [0.2, 0.25) is 10.0 Å². The van der Waals surface area contributed by atoms with Gasteiger partial charge in [0.2, 0.25) is 0 Å². The largest absolute Gasteiger partial charge is 0.368 e. The maximum absolute atomic E-state index is 14.2. The number of anilines is 2. The lowest BCUT2D eigenvalue weighted by Gasteiger charge is -2.48. The monoisotopic (exact) mass is 1210 g/mol. The van der Waals surface area contributed by atoms with Crippen molar-refractivity contribution in [1.82, 2.24) is 29.6 Å². The van der Waals surface area contributed by atoms with E-state index in [2.05, 4.69) is 114 Å². The summed E-state index contributed by atoms with van der Waals surface area (Å²) in [6, 6.07) is 24.6. The molecule has 0 saturated carbocycles. The van der Waals surface area contributed by atoms with Crippen LogP contribution in [-0.4, -0.2) is 145 Å².